The number of carbonyl (C=O) groups excluding carboxylic acids is 1. The van der Waals surface area contributed by atoms with Gasteiger partial charge in [-0.25, -0.2) is 4.79 Å². The smallest absolute Gasteiger partial charge is 0.342 e. The SMILES string of the molecule is N#CCOC(=O)c1ccccc1Oc1ccccc1. The minimum atomic E-state index is -0.576. The topological polar surface area (TPSA) is 59.3 Å². The van der Waals surface area contributed by atoms with Crippen molar-refractivity contribution in [2.45, 2.75) is 0 Å². The summed E-state index contributed by atoms with van der Waals surface area (Å²) < 4.78 is 10.4. The molecule has 0 aliphatic rings. The van der Waals surface area contributed by atoms with Crippen LogP contribution in [-0.2, 0) is 4.74 Å². The van der Waals surface area contributed by atoms with Crippen LogP contribution in [0.3, 0.4) is 0 Å². The first kappa shape index (κ1) is 12.7. The predicted molar refractivity (Wildman–Crippen MR) is 68.9 cm³/mol. The second-order valence-electron chi connectivity index (χ2n) is 3.65. The van der Waals surface area contributed by atoms with Gasteiger partial charge >= 0.3 is 5.97 Å². The summed E-state index contributed by atoms with van der Waals surface area (Å²) in [4.78, 5) is 11.8. The number of hydrogen-bond acceptors (Lipinski definition) is 4. The molecule has 0 amide bonds. The summed E-state index contributed by atoms with van der Waals surface area (Å²) in [5.74, 6) is 0.452. The van der Waals surface area contributed by atoms with Crippen molar-refractivity contribution in [3.05, 3.63) is 60.2 Å². The minimum Gasteiger partial charge on any atom is -0.456 e. The normalized spacial score (nSPS) is 9.42. The Kier molecular flexibility index (Phi) is 4.14. The van der Waals surface area contributed by atoms with E-state index >= 15 is 0 Å². The van der Waals surface area contributed by atoms with Crippen molar-refractivity contribution in [2.75, 3.05) is 6.61 Å². The highest BCUT2D eigenvalue weighted by Crippen LogP contribution is 2.25. The maximum absolute atomic E-state index is 11.8. The first-order valence-corrected chi connectivity index (χ1v) is 5.67. The Hall–Kier alpha value is -2.80. The number of nitriles is 1. The van der Waals surface area contributed by atoms with Crippen LogP contribution < -0.4 is 4.74 Å². The van der Waals surface area contributed by atoms with E-state index in [0.29, 0.717) is 17.1 Å². The zero-order chi connectivity index (χ0) is 13.5. The monoisotopic (exact) mass is 253 g/mol. The lowest BCUT2D eigenvalue weighted by molar-refractivity contribution is 0.0552. The van der Waals surface area contributed by atoms with Gasteiger partial charge in [0.1, 0.15) is 23.1 Å². The lowest BCUT2D eigenvalue weighted by Crippen LogP contribution is -2.06. The number of ether oxygens (including phenoxy) is 2. The minimum absolute atomic E-state index is 0.279. The van der Waals surface area contributed by atoms with Gasteiger partial charge in [-0.1, -0.05) is 30.3 Å². The largest absolute Gasteiger partial charge is 0.456 e. The van der Waals surface area contributed by atoms with Gasteiger partial charge in [-0.2, -0.15) is 5.26 Å². The Labute approximate surface area is 110 Å². The van der Waals surface area contributed by atoms with E-state index in [2.05, 4.69) is 0 Å². The van der Waals surface area contributed by atoms with Crippen molar-refractivity contribution in [3.63, 3.8) is 0 Å². The molecular weight excluding hydrogens is 242 g/mol. The molecule has 2 aromatic carbocycles. The third kappa shape index (κ3) is 3.33. The van der Waals surface area contributed by atoms with E-state index in [-0.39, 0.29) is 6.61 Å². The van der Waals surface area contributed by atoms with Crippen LogP contribution in [0.15, 0.2) is 54.6 Å². The fraction of sp³-hybridized carbons (Fsp3) is 0.0667. The molecule has 4 nitrogen and oxygen atoms in total. The zero-order valence-electron chi connectivity index (χ0n) is 10.1. The van der Waals surface area contributed by atoms with Crippen LogP contribution in [0, 0.1) is 11.3 Å². The third-order valence-electron chi connectivity index (χ3n) is 2.35. The van der Waals surface area contributed by atoms with E-state index in [1.54, 1.807) is 42.5 Å². The van der Waals surface area contributed by atoms with Gasteiger partial charge in [0, 0.05) is 0 Å². The zero-order valence-corrected chi connectivity index (χ0v) is 10.1. The van der Waals surface area contributed by atoms with Crippen molar-refractivity contribution in [2.24, 2.45) is 0 Å². The summed E-state index contributed by atoms with van der Waals surface area (Å²) in [6, 6.07) is 17.6. The highest BCUT2D eigenvalue weighted by molar-refractivity contribution is 5.92. The highest BCUT2D eigenvalue weighted by Gasteiger charge is 2.13. The number of esters is 1. The first-order valence-electron chi connectivity index (χ1n) is 5.67. The number of carbonyl (C=O) groups is 1. The quantitative estimate of drug-likeness (QED) is 0.785. The number of nitrogens with zero attached hydrogens (tertiary/aromatic N) is 1. The van der Waals surface area contributed by atoms with Gasteiger partial charge in [0.2, 0.25) is 0 Å². The Morgan fingerprint density at radius 3 is 2.47 bits per heavy atom. The molecule has 0 N–H and O–H groups in total. The summed E-state index contributed by atoms with van der Waals surface area (Å²) in [6.45, 7) is -0.279. The van der Waals surface area contributed by atoms with Gasteiger partial charge < -0.3 is 9.47 Å². The third-order valence-corrected chi connectivity index (χ3v) is 2.35. The highest BCUT2D eigenvalue weighted by atomic mass is 16.5. The van der Waals surface area contributed by atoms with Crippen LogP contribution in [0.2, 0.25) is 0 Å². The second kappa shape index (κ2) is 6.22. The van der Waals surface area contributed by atoms with E-state index in [4.69, 9.17) is 14.7 Å². The van der Waals surface area contributed by atoms with E-state index in [1.165, 1.54) is 0 Å². The van der Waals surface area contributed by atoms with E-state index < -0.39 is 5.97 Å². The van der Waals surface area contributed by atoms with E-state index in [1.807, 2.05) is 18.2 Å². The average molecular weight is 253 g/mol. The van der Waals surface area contributed by atoms with Crippen molar-refractivity contribution in [1.29, 1.82) is 5.26 Å². The maximum atomic E-state index is 11.8. The number of rotatable bonds is 4. The molecule has 0 fully saturated rings. The maximum Gasteiger partial charge on any atom is 0.342 e. The summed E-state index contributed by atoms with van der Waals surface area (Å²) in [6.07, 6.45) is 0. The molecule has 2 aromatic rings. The van der Waals surface area contributed by atoms with Gasteiger partial charge in [-0.05, 0) is 24.3 Å². The fourth-order valence-corrected chi connectivity index (χ4v) is 1.52. The molecule has 0 heterocycles. The molecule has 94 valence electrons. The average Bonchev–Trinajstić information content (AvgIpc) is 2.46. The molecule has 0 unspecified atom stereocenters. The number of para-hydroxylation sites is 2. The molecule has 0 bridgehead atoms. The van der Waals surface area contributed by atoms with E-state index in [0.717, 1.165) is 0 Å². The predicted octanol–water partition coefficient (Wildman–Crippen LogP) is 3.16. The second-order valence-corrected chi connectivity index (χ2v) is 3.65. The van der Waals surface area contributed by atoms with Gasteiger partial charge in [0.25, 0.3) is 0 Å². The van der Waals surface area contributed by atoms with Crippen LogP contribution in [0.25, 0.3) is 0 Å². The van der Waals surface area contributed by atoms with Crippen molar-refractivity contribution in [3.8, 4) is 17.6 Å². The Morgan fingerprint density at radius 1 is 1.05 bits per heavy atom. The molecule has 0 aliphatic heterocycles. The van der Waals surface area contributed by atoms with Crippen LogP contribution in [0.1, 0.15) is 10.4 Å². The molecule has 0 aromatic heterocycles. The van der Waals surface area contributed by atoms with Crippen LogP contribution >= 0.6 is 0 Å². The molecule has 2 rings (SSSR count). The molecule has 0 saturated heterocycles. The molecule has 0 aliphatic carbocycles. The molecule has 0 atom stereocenters. The van der Waals surface area contributed by atoms with Crippen LogP contribution in [0.5, 0.6) is 11.5 Å². The van der Waals surface area contributed by atoms with E-state index in [9.17, 15) is 4.79 Å². The molecule has 0 radical (unpaired) electrons. The summed E-state index contributed by atoms with van der Waals surface area (Å²) in [5.41, 5.74) is 0.293. The molecule has 4 heteroatoms. The summed E-state index contributed by atoms with van der Waals surface area (Å²) in [7, 11) is 0. The Bertz CT molecular complexity index is 602. The molecule has 0 spiro atoms. The first-order chi connectivity index (χ1) is 9.31. The van der Waals surface area contributed by atoms with Gasteiger partial charge in [-0.15, -0.1) is 0 Å². The van der Waals surface area contributed by atoms with Crippen molar-refractivity contribution >= 4 is 5.97 Å². The van der Waals surface area contributed by atoms with Crippen LogP contribution in [-0.4, -0.2) is 12.6 Å². The number of hydrogen-bond donors (Lipinski definition) is 0. The van der Waals surface area contributed by atoms with Crippen LogP contribution in [0.4, 0.5) is 0 Å². The summed E-state index contributed by atoms with van der Waals surface area (Å²) >= 11 is 0. The van der Waals surface area contributed by atoms with Gasteiger partial charge in [0.15, 0.2) is 6.61 Å². The lowest BCUT2D eigenvalue weighted by atomic mass is 10.2. The molecule has 0 saturated carbocycles. The summed E-state index contributed by atoms with van der Waals surface area (Å²) in [5, 5.41) is 8.41. The fourth-order valence-electron chi connectivity index (χ4n) is 1.52. The van der Waals surface area contributed by atoms with Gasteiger partial charge in [0.05, 0.1) is 0 Å². The molecule has 19 heavy (non-hydrogen) atoms. The molecular formula is C15H11NO3. The Balaban J connectivity index is 2.22. The van der Waals surface area contributed by atoms with Crippen molar-refractivity contribution < 1.29 is 14.3 Å². The van der Waals surface area contributed by atoms with Gasteiger partial charge in [-0.3, -0.25) is 0 Å². The Morgan fingerprint density at radius 2 is 1.74 bits per heavy atom. The lowest BCUT2D eigenvalue weighted by Gasteiger charge is -2.09. The standard InChI is InChI=1S/C15H11NO3/c16-10-11-18-15(17)13-8-4-5-9-14(13)19-12-6-2-1-3-7-12/h1-9H,11H2. The number of benzene rings is 2. The van der Waals surface area contributed by atoms with Crippen molar-refractivity contribution in [1.82, 2.24) is 0 Å².